The standard InChI is InChI=1S/C22H20N2O4/c25-20-17-11-5-4-10-16(17)14-18(23-20)22(27)28-19(15-8-2-1-3-9-15)21(26)24-12-6-7-13-24/h1-5,8-11,14,19H,6-7,12-13H2,(H,23,25)/t19-/m0/s1. The summed E-state index contributed by atoms with van der Waals surface area (Å²) < 4.78 is 5.60. The normalized spacial score (nSPS) is 14.8. The molecule has 1 amide bonds. The molecule has 6 heteroatoms. The third-order valence-corrected chi connectivity index (χ3v) is 4.94. The Kier molecular flexibility index (Phi) is 4.93. The van der Waals surface area contributed by atoms with E-state index in [1.165, 1.54) is 0 Å². The van der Waals surface area contributed by atoms with E-state index in [9.17, 15) is 14.4 Å². The lowest BCUT2D eigenvalue weighted by Gasteiger charge is -2.23. The number of pyridine rings is 1. The number of likely N-dealkylation sites (tertiary alicyclic amines) is 1. The number of nitrogens with one attached hydrogen (secondary N) is 1. The van der Waals surface area contributed by atoms with Crippen LogP contribution in [0.25, 0.3) is 10.8 Å². The Morgan fingerprint density at radius 2 is 1.64 bits per heavy atom. The van der Waals surface area contributed by atoms with Gasteiger partial charge in [-0.3, -0.25) is 9.59 Å². The summed E-state index contributed by atoms with van der Waals surface area (Å²) in [6.45, 7) is 1.32. The fourth-order valence-corrected chi connectivity index (χ4v) is 3.48. The molecular formula is C22H20N2O4. The zero-order valence-corrected chi connectivity index (χ0v) is 15.3. The van der Waals surface area contributed by atoms with E-state index < -0.39 is 12.1 Å². The Hall–Kier alpha value is -3.41. The van der Waals surface area contributed by atoms with Gasteiger partial charge in [-0.25, -0.2) is 4.79 Å². The first-order chi connectivity index (χ1) is 13.6. The highest BCUT2D eigenvalue weighted by Gasteiger charge is 2.31. The number of hydrogen-bond donors (Lipinski definition) is 1. The first-order valence-corrected chi connectivity index (χ1v) is 9.30. The maximum absolute atomic E-state index is 13.0. The number of rotatable bonds is 4. The lowest BCUT2D eigenvalue weighted by atomic mass is 10.1. The topological polar surface area (TPSA) is 79.5 Å². The van der Waals surface area contributed by atoms with Crippen LogP contribution >= 0.6 is 0 Å². The van der Waals surface area contributed by atoms with Crippen LogP contribution in [0.1, 0.15) is 35.0 Å². The van der Waals surface area contributed by atoms with E-state index >= 15 is 0 Å². The maximum Gasteiger partial charge on any atom is 0.355 e. The smallest absolute Gasteiger partial charge is 0.355 e. The summed E-state index contributed by atoms with van der Waals surface area (Å²) in [4.78, 5) is 42.3. The number of nitrogens with zero attached hydrogens (tertiary/aromatic N) is 1. The molecule has 1 atom stereocenters. The van der Waals surface area contributed by atoms with Gasteiger partial charge in [0.15, 0.2) is 0 Å². The molecule has 1 N–H and O–H groups in total. The predicted octanol–water partition coefficient (Wildman–Crippen LogP) is 3.05. The van der Waals surface area contributed by atoms with Gasteiger partial charge in [-0.15, -0.1) is 0 Å². The highest BCUT2D eigenvalue weighted by molar-refractivity contribution is 5.95. The molecule has 1 aromatic heterocycles. The van der Waals surface area contributed by atoms with Gasteiger partial charge < -0.3 is 14.6 Å². The van der Waals surface area contributed by atoms with E-state index in [-0.39, 0.29) is 17.2 Å². The van der Waals surface area contributed by atoms with Crippen LogP contribution in [-0.4, -0.2) is 34.8 Å². The number of hydrogen-bond acceptors (Lipinski definition) is 4. The zero-order valence-electron chi connectivity index (χ0n) is 15.3. The van der Waals surface area contributed by atoms with E-state index in [0.717, 1.165) is 12.8 Å². The summed E-state index contributed by atoms with van der Waals surface area (Å²) in [5.74, 6) is -0.968. The van der Waals surface area contributed by atoms with Gasteiger partial charge in [0.25, 0.3) is 11.5 Å². The minimum absolute atomic E-state index is 0.0267. The summed E-state index contributed by atoms with van der Waals surface area (Å²) >= 11 is 0. The van der Waals surface area contributed by atoms with Crippen LogP contribution < -0.4 is 5.56 Å². The quantitative estimate of drug-likeness (QED) is 0.710. The van der Waals surface area contributed by atoms with Gasteiger partial charge in [0, 0.05) is 24.0 Å². The average Bonchev–Trinajstić information content (AvgIpc) is 3.27. The Labute approximate surface area is 161 Å². The van der Waals surface area contributed by atoms with Crippen molar-refractivity contribution in [3.8, 4) is 0 Å². The van der Waals surface area contributed by atoms with Crippen LogP contribution in [0.5, 0.6) is 0 Å². The molecule has 142 valence electrons. The number of carbonyl (C=O) groups is 2. The van der Waals surface area contributed by atoms with Gasteiger partial charge in [0.05, 0.1) is 0 Å². The molecule has 0 bridgehead atoms. The molecule has 1 aliphatic rings. The van der Waals surface area contributed by atoms with Crippen molar-refractivity contribution in [2.24, 2.45) is 0 Å². The van der Waals surface area contributed by atoms with E-state index in [1.54, 1.807) is 59.5 Å². The highest BCUT2D eigenvalue weighted by Crippen LogP contribution is 2.24. The zero-order chi connectivity index (χ0) is 19.5. The fourth-order valence-electron chi connectivity index (χ4n) is 3.48. The number of aromatic nitrogens is 1. The molecule has 0 spiro atoms. The minimum Gasteiger partial charge on any atom is -0.443 e. The number of H-pyrrole nitrogens is 1. The Morgan fingerprint density at radius 1 is 0.964 bits per heavy atom. The summed E-state index contributed by atoms with van der Waals surface area (Å²) in [5.41, 5.74) is 0.266. The minimum atomic E-state index is -1.04. The Morgan fingerprint density at radius 3 is 2.39 bits per heavy atom. The second-order valence-corrected chi connectivity index (χ2v) is 6.83. The van der Waals surface area contributed by atoms with E-state index in [2.05, 4.69) is 4.98 Å². The van der Waals surface area contributed by atoms with Crippen molar-refractivity contribution in [1.82, 2.24) is 9.88 Å². The van der Waals surface area contributed by atoms with Crippen LogP contribution in [0.15, 0.2) is 65.5 Å². The SMILES string of the molecule is O=C(O[C@H](C(=O)N1CCCC1)c1ccccc1)c1cc2ccccc2c(=O)[nH]1. The van der Waals surface area contributed by atoms with E-state index in [4.69, 9.17) is 4.74 Å². The lowest BCUT2D eigenvalue weighted by molar-refractivity contribution is -0.140. The number of ether oxygens (including phenoxy) is 1. The number of benzene rings is 2. The van der Waals surface area contributed by atoms with E-state index in [0.29, 0.717) is 29.4 Å². The molecule has 3 aromatic rings. The van der Waals surface area contributed by atoms with Crippen molar-refractivity contribution in [2.75, 3.05) is 13.1 Å². The highest BCUT2D eigenvalue weighted by atomic mass is 16.5. The molecule has 0 radical (unpaired) electrons. The van der Waals surface area contributed by atoms with Crippen LogP contribution in [0.2, 0.25) is 0 Å². The van der Waals surface area contributed by atoms with Gasteiger partial charge in [-0.05, 0) is 30.4 Å². The molecule has 2 aromatic carbocycles. The third-order valence-electron chi connectivity index (χ3n) is 4.94. The number of aromatic amines is 1. The molecule has 28 heavy (non-hydrogen) atoms. The monoisotopic (exact) mass is 376 g/mol. The summed E-state index contributed by atoms with van der Waals surface area (Å²) in [6.07, 6.45) is 0.847. The summed E-state index contributed by atoms with van der Waals surface area (Å²) in [5, 5.41) is 1.13. The second kappa shape index (κ2) is 7.68. The van der Waals surface area contributed by atoms with Crippen molar-refractivity contribution in [3.63, 3.8) is 0 Å². The van der Waals surface area contributed by atoms with Crippen molar-refractivity contribution >= 4 is 22.6 Å². The Bertz CT molecular complexity index is 1070. The molecule has 4 rings (SSSR count). The first-order valence-electron chi connectivity index (χ1n) is 9.30. The van der Waals surface area contributed by atoms with Gasteiger partial charge >= 0.3 is 5.97 Å². The first kappa shape index (κ1) is 18.0. The average molecular weight is 376 g/mol. The molecule has 0 aliphatic carbocycles. The number of fused-ring (bicyclic) bond motifs is 1. The van der Waals surface area contributed by atoms with E-state index in [1.807, 2.05) is 6.07 Å². The number of carbonyl (C=O) groups excluding carboxylic acids is 2. The molecule has 1 aliphatic heterocycles. The summed E-state index contributed by atoms with van der Waals surface area (Å²) in [6, 6.07) is 17.5. The van der Waals surface area contributed by atoms with Gasteiger partial charge in [-0.1, -0.05) is 48.5 Å². The summed E-state index contributed by atoms with van der Waals surface area (Å²) in [7, 11) is 0. The van der Waals surface area contributed by atoms with Crippen LogP contribution in [0.3, 0.4) is 0 Å². The van der Waals surface area contributed by atoms with Crippen molar-refractivity contribution in [2.45, 2.75) is 18.9 Å². The van der Waals surface area contributed by atoms with Gasteiger partial charge in [0.1, 0.15) is 5.69 Å². The van der Waals surface area contributed by atoms with Crippen LogP contribution in [0, 0.1) is 0 Å². The molecule has 6 nitrogen and oxygen atoms in total. The van der Waals surface area contributed by atoms with Crippen molar-refractivity contribution in [3.05, 3.63) is 82.3 Å². The predicted molar refractivity (Wildman–Crippen MR) is 105 cm³/mol. The molecule has 0 unspecified atom stereocenters. The molecule has 2 heterocycles. The molecule has 0 saturated carbocycles. The second-order valence-electron chi connectivity index (χ2n) is 6.83. The molecule has 1 fully saturated rings. The maximum atomic E-state index is 13.0. The van der Waals surface area contributed by atoms with Gasteiger partial charge in [-0.2, -0.15) is 0 Å². The number of amides is 1. The van der Waals surface area contributed by atoms with Crippen LogP contribution in [0.4, 0.5) is 0 Å². The number of esters is 1. The third kappa shape index (κ3) is 3.53. The van der Waals surface area contributed by atoms with Crippen molar-refractivity contribution < 1.29 is 14.3 Å². The lowest BCUT2D eigenvalue weighted by Crippen LogP contribution is -2.35. The van der Waals surface area contributed by atoms with Crippen LogP contribution in [-0.2, 0) is 9.53 Å². The van der Waals surface area contributed by atoms with Crippen molar-refractivity contribution in [1.29, 1.82) is 0 Å². The van der Waals surface area contributed by atoms with Gasteiger partial charge in [0.2, 0.25) is 6.10 Å². The Balaban J connectivity index is 1.65. The molecule has 1 saturated heterocycles. The largest absolute Gasteiger partial charge is 0.443 e. The fraction of sp³-hybridized carbons (Fsp3) is 0.227. The molecular weight excluding hydrogens is 356 g/mol.